The molecular weight excluding hydrogens is 386 g/mol. The fraction of sp³-hybridized carbons (Fsp3) is 0. The lowest BCUT2D eigenvalue weighted by Crippen LogP contribution is -2.13. The molecule has 9 heteroatoms. The zero-order valence-corrected chi connectivity index (χ0v) is 15.5. The number of anilines is 1. The van der Waals surface area contributed by atoms with Crippen LogP contribution in [0.15, 0.2) is 85.5 Å². The minimum atomic E-state index is -0.566. The highest BCUT2D eigenvalue weighted by Crippen LogP contribution is 2.25. The fourth-order valence-electron chi connectivity index (χ4n) is 2.77. The summed E-state index contributed by atoms with van der Waals surface area (Å²) in [5, 5.41) is 18.1. The van der Waals surface area contributed by atoms with Crippen molar-refractivity contribution in [1.29, 1.82) is 0 Å². The third kappa shape index (κ3) is 4.14. The smallest absolute Gasteiger partial charge is 0.295 e. The predicted molar refractivity (Wildman–Crippen MR) is 109 cm³/mol. The summed E-state index contributed by atoms with van der Waals surface area (Å²) in [6.45, 7) is 0. The van der Waals surface area contributed by atoms with Gasteiger partial charge in [0.25, 0.3) is 11.6 Å². The number of nitrogens with one attached hydrogen (secondary N) is 1. The highest BCUT2D eigenvalue weighted by molar-refractivity contribution is 6.04. The van der Waals surface area contributed by atoms with E-state index in [9.17, 15) is 14.9 Å². The van der Waals surface area contributed by atoms with Gasteiger partial charge in [-0.3, -0.25) is 14.9 Å². The number of amides is 1. The van der Waals surface area contributed by atoms with Crippen molar-refractivity contribution in [2.45, 2.75) is 0 Å². The van der Waals surface area contributed by atoms with Crippen LogP contribution in [0.1, 0.15) is 10.4 Å². The largest absolute Gasteiger partial charge is 0.457 e. The normalized spacial score (nSPS) is 10.4. The van der Waals surface area contributed by atoms with Crippen LogP contribution in [0.25, 0.3) is 5.69 Å². The topological polar surface area (TPSA) is 112 Å². The Balaban J connectivity index is 1.49. The molecule has 0 saturated carbocycles. The molecule has 0 atom stereocenters. The monoisotopic (exact) mass is 401 g/mol. The zero-order valence-electron chi connectivity index (χ0n) is 15.5. The van der Waals surface area contributed by atoms with Gasteiger partial charge in [-0.05, 0) is 48.5 Å². The van der Waals surface area contributed by atoms with Gasteiger partial charge in [0.2, 0.25) is 0 Å². The number of hydrogen-bond donors (Lipinski definition) is 1. The molecule has 1 aromatic heterocycles. The summed E-state index contributed by atoms with van der Waals surface area (Å²) in [5.41, 5.74) is 0.648. The summed E-state index contributed by atoms with van der Waals surface area (Å²) in [5.74, 6) is 0.848. The fourth-order valence-corrected chi connectivity index (χ4v) is 2.77. The molecule has 1 N–H and O–H groups in total. The molecule has 0 radical (unpaired) electrons. The lowest BCUT2D eigenvalue weighted by atomic mass is 10.1. The van der Waals surface area contributed by atoms with E-state index in [0.717, 1.165) is 0 Å². The standard InChI is InChI=1S/C21H15N5O4/c27-21(15-6-11-19(20(12-15)26(28)29)25-14-22-13-23-25)24-16-7-9-18(10-8-16)30-17-4-2-1-3-5-17/h1-14H,(H,24,27). The van der Waals surface area contributed by atoms with Crippen LogP contribution in [0.5, 0.6) is 11.5 Å². The molecule has 0 aliphatic heterocycles. The second kappa shape index (κ2) is 8.23. The average Bonchev–Trinajstić information content (AvgIpc) is 3.30. The van der Waals surface area contributed by atoms with E-state index in [-0.39, 0.29) is 16.9 Å². The number of aromatic nitrogens is 3. The van der Waals surface area contributed by atoms with Gasteiger partial charge in [0.05, 0.1) is 4.92 Å². The highest BCUT2D eigenvalue weighted by Gasteiger charge is 2.19. The van der Waals surface area contributed by atoms with Gasteiger partial charge in [0, 0.05) is 17.3 Å². The SMILES string of the molecule is O=C(Nc1ccc(Oc2ccccc2)cc1)c1ccc(-n2cncn2)c([N+](=O)[O-])c1. The van der Waals surface area contributed by atoms with Crippen molar-refractivity contribution in [3.05, 3.63) is 101 Å². The lowest BCUT2D eigenvalue weighted by Gasteiger charge is -2.09. The van der Waals surface area contributed by atoms with Crippen LogP contribution in [0, 0.1) is 10.1 Å². The van der Waals surface area contributed by atoms with Gasteiger partial charge in [-0.15, -0.1) is 0 Å². The molecular formula is C21H15N5O4. The van der Waals surface area contributed by atoms with Crippen LogP contribution >= 0.6 is 0 Å². The first-order valence-electron chi connectivity index (χ1n) is 8.88. The number of benzene rings is 3. The number of nitro groups is 1. The number of rotatable bonds is 6. The molecule has 1 amide bonds. The molecule has 0 aliphatic rings. The molecule has 0 bridgehead atoms. The molecule has 0 saturated heterocycles. The third-order valence-corrected chi connectivity index (χ3v) is 4.19. The van der Waals surface area contributed by atoms with Crippen molar-refractivity contribution in [2.75, 3.05) is 5.32 Å². The van der Waals surface area contributed by atoms with Gasteiger partial charge >= 0.3 is 0 Å². The first-order chi connectivity index (χ1) is 14.6. The number of carbonyl (C=O) groups excluding carboxylic acids is 1. The van der Waals surface area contributed by atoms with Crippen LogP contribution in [0.2, 0.25) is 0 Å². The van der Waals surface area contributed by atoms with Crippen molar-refractivity contribution in [3.63, 3.8) is 0 Å². The summed E-state index contributed by atoms with van der Waals surface area (Å²) in [6.07, 6.45) is 2.62. The third-order valence-electron chi connectivity index (χ3n) is 4.19. The minimum Gasteiger partial charge on any atom is -0.457 e. The van der Waals surface area contributed by atoms with Crippen molar-refractivity contribution < 1.29 is 14.5 Å². The van der Waals surface area contributed by atoms with E-state index in [2.05, 4.69) is 15.4 Å². The van der Waals surface area contributed by atoms with Gasteiger partial charge in [-0.1, -0.05) is 18.2 Å². The van der Waals surface area contributed by atoms with Crippen LogP contribution in [0.3, 0.4) is 0 Å². The first kappa shape index (κ1) is 18.8. The van der Waals surface area contributed by atoms with Gasteiger partial charge in [0.1, 0.15) is 29.8 Å². The summed E-state index contributed by atoms with van der Waals surface area (Å²) < 4.78 is 6.98. The summed E-state index contributed by atoms with van der Waals surface area (Å²) in [6, 6.07) is 20.3. The zero-order chi connectivity index (χ0) is 20.9. The molecule has 1 heterocycles. The van der Waals surface area contributed by atoms with Crippen molar-refractivity contribution in [1.82, 2.24) is 14.8 Å². The number of hydrogen-bond acceptors (Lipinski definition) is 6. The second-order valence-electron chi connectivity index (χ2n) is 6.19. The summed E-state index contributed by atoms with van der Waals surface area (Å²) in [4.78, 5) is 27.2. The number of carbonyl (C=O) groups is 1. The molecule has 30 heavy (non-hydrogen) atoms. The Kier molecular flexibility index (Phi) is 5.16. The lowest BCUT2D eigenvalue weighted by molar-refractivity contribution is -0.384. The van der Waals surface area contributed by atoms with Crippen LogP contribution in [0.4, 0.5) is 11.4 Å². The van der Waals surface area contributed by atoms with E-state index in [1.807, 2.05) is 30.3 Å². The summed E-state index contributed by atoms with van der Waals surface area (Å²) >= 11 is 0. The molecule has 3 aromatic carbocycles. The van der Waals surface area contributed by atoms with E-state index < -0.39 is 10.8 Å². The van der Waals surface area contributed by atoms with Gasteiger partial charge < -0.3 is 10.1 Å². The van der Waals surface area contributed by atoms with Gasteiger partial charge in [0.15, 0.2) is 0 Å². The number of para-hydroxylation sites is 1. The quantitative estimate of drug-likeness (QED) is 0.382. The van der Waals surface area contributed by atoms with E-state index in [1.54, 1.807) is 24.3 Å². The van der Waals surface area contributed by atoms with Crippen LogP contribution < -0.4 is 10.1 Å². The maximum Gasteiger partial charge on any atom is 0.295 e. The molecule has 148 valence electrons. The molecule has 4 rings (SSSR count). The highest BCUT2D eigenvalue weighted by atomic mass is 16.6. The Bertz CT molecular complexity index is 1180. The maximum atomic E-state index is 12.6. The average molecular weight is 401 g/mol. The molecule has 9 nitrogen and oxygen atoms in total. The number of ether oxygens (including phenoxy) is 1. The second-order valence-corrected chi connectivity index (χ2v) is 6.19. The minimum absolute atomic E-state index is 0.148. The van der Waals surface area contributed by atoms with Crippen LogP contribution in [-0.4, -0.2) is 25.6 Å². The van der Waals surface area contributed by atoms with Gasteiger partial charge in [-0.25, -0.2) is 9.67 Å². The Morgan fingerprint density at radius 3 is 2.40 bits per heavy atom. The maximum absolute atomic E-state index is 12.6. The Morgan fingerprint density at radius 2 is 1.73 bits per heavy atom. The Morgan fingerprint density at radius 1 is 1.00 bits per heavy atom. The van der Waals surface area contributed by atoms with E-state index in [4.69, 9.17) is 4.74 Å². The van der Waals surface area contributed by atoms with E-state index in [1.165, 1.54) is 35.5 Å². The van der Waals surface area contributed by atoms with E-state index >= 15 is 0 Å². The van der Waals surface area contributed by atoms with E-state index in [0.29, 0.717) is 17.2 Å². The van der Waals surface area contributed by atoms with Gasteiger partial charge in [-0.2, -0.15) is 5.10 Å². The molecule has 0 spiro atoms. The number of nitro benzene ring substituents is 1. The predicted octanol–water partition coefficient (Wildman–Crippen LogP) is 4.22. The van der Waals surface area contributed by atoms with Crippen molar-refractivity contribution in [3.8, 4) is 17.2 Å². The Labute approximate surface area is 170 Å². The summed E-state index contributed by atoms with van der Waals surface area (Å²) in [7, 11) is 0. The molecule has 4 aromatic rings. The Hall–Kier alpha value is -4.53. The molecule has 0 unspecified atom stereocenters. The van der Waals surface area contributed by atoms with Crippen molar-refractivity contribution >= 4 is 17.3 Å². The molecule has 0 aliphatic carbocycles. The molecule has 0 fully saturated rings. The van der Waals surface area contributed by atoms with Crippen molar-refractivity contribution in [2.24, 2.45) is 0 Å². The van der Waals surface area contributed by atoms with Crippen LogP contribution in [-0.2, 0) is 0 Å². The first-order valence-corrected chi connectivity index (χ1v) is 8.88. The number of nitrogens with zero attached hydrogens (tertiary/aromatic N) is 4.